The van der Waals surface area contributed by atoms with E-state index in [1.165, 1.54) is 38.4 Å². The van der Waals surface area contributed by atoms with Gasteiger partial charge >= 0.3 is 11.9 Å². The smallest absolute Gasteiger partial charge is 0.307 e. The zero-order chi connectivity index (χ0) is 36.8. The molecule has 3 heterocycles. The molecule has 3 aromatic heterocycles. The van der Waals surface area contributed by atoms with Crippen molar-refractivity contribution in [1.82, 2.24) is 24.3 Å². The van der Waals surface area contributed by atoms with Crippen molar-refractivity contribution in [2.75, 3.05) is 0 Å². The molecule has 3 aromatic rings. The number of carbonyl (C=O) groups is 2. The van der Waals surface area contributed by atoms with Gasteiger partial charge in [0.2, 0.25) is 0 Å². The molecule has 0 unspecified atom stereocenters. The number of nitrogens with zero attached hydrogens (tertiary/aromatic N) is 6. The average molecular weight is 715 g/mol. The van der Waals surface area contributed by atoms with Crippen LogP contribution in [-0.4, -0.2) is 42.4 Å². The van der Waals surface area contributed by atoms with E-state index in [1.807, 2.05) is 33.9 Å². The highest BCUT2D eigenvalue weighted by molar-refractivity contribution is 5.90. The molecule has 10 heteroatoms. The van der Waals surface area contributed by atoms with Gasteiger partial charge in [-0.2, -0.15) is 10.4 Å². The first kappa shape index (κ1) is 40.8. The van der Waals surface area contributed by atoms with Crippen molar-refractivity contribution in [1.29, 1.82) is 5.26 Å². The van der Waals surface area contributed by atoms with Gasteiger partial charge in [0.25, 0.3) is 0 Å². The van der Waals surface area contributed by atoms with Crippen LogP contribution in [0.4, 0.5) is 0 Å². The Balaban J connectivity index is 1.12. The first-order chi connectivity index (χ1) is 25.5. The fourth-order valence-electron chi connectivity index (χ4n) is 7.32. The molecule has 1 aliphatic carbocycles. The Morgan fingerprint density at radius 1 is 0.942 bits per heavy atom. The Labute approximate surface area is 311 Å². The number of aromatic nitrogens is 5. The van der Waals surface area contributed by atoms with Crippen LogP contribution >= 0.6 is 0 Å². The van der Waals surface area contributed by atoms with Crippen molar-refractivity contribution < 1.29 is 19.1 Å². The molecule has 2 atom stereocenters. The zero-order valence-electron chi connectivity index (χ0n) is 31.9. The monoisotopic (exact) mass is 714 g/mol. The molecule has 10 nitrogen and oxygen atoms in total. The van der Waals surface area contributed by atoms with Gasteiger partial charge in [0.05, 0.1) is 30.4 Å². The normalized spacial score (nSPS) is 14.6. The molecule has 1 fully saturated rings. The number of nitriles is 1. The lowest BCUT2D eigenvalue weighted by Crippen LogP contribution is -2.17. The van der Waals surface area contributed by atoms with Gasteiger partial charge in [-0.05, 0) is 63.4 Å². The highest BCUT2D eigenvalue weighted by Gasteiger charge is 2.27. The van der Waals surface area contributed by atoms with E-state index in [0.29, 0.717) is 30.8 Å². The van der Waals surface area contributed by atoms with Gasteiger partial charge in [0.1, 0.15) is 18.1 Å². The van der Waals surface area contributed by atoms with E-state index in [-0.39, 0.29) is 30.8 Å². The highest BCUT2D eigenvalue weighted by Crippen LogP contribution is 2.37. The minimum atomic E-state index is -0.203. The van der Waals surface area contributed by atoms with Gasteiger partial charge in [-0.15, -0.1) is 0 Å². The van der Waals surface area contributed by atoms with Crippen LogP contribution in [0.1, 0.15) is 161 Å². The van der Waals surface area contributed by atoms with E-state index in [1.54, 1.807) is 0 Å². The third-order valence-corrected chi connectivity index (χ3v) is 10.4. The summed E-state index contributed by atoms with van der Waals surface area (Å²) < 4.78 is 15.2. The number of allylic oxidation sites excluding steroid dienone is 1. The lowest BCUT2D eigenvalue weighted by molar-refractivity contribution is -0.149. The number of unbranched alkanes of at least 4 members (excludes halogenated alkanes) is 10. The van der Waals surface area contributed by atoms with E-state index in [9.17, 15) is 14.9 Å². The van der Waals surface area contributed by atoms with E-state index < -0.39 is 0 Å². The van der Waals surface area contributed by atoms with Crippen molar-refractivity contribution >= 4 is 23.0 Å². The van der Waals surface area contributed by atoms with Gasteiger partial charge in [-0.1, -0.05) is 90.2 Å². The van der Waals surface area contributed by atoms with Crippen molar-refractivity contribution in [3.05, 3.63) is 43.1 Å². The second kappa shape index (κ2) is 23.5. The number of hydrogen-bond acceptors (Lipinski definition) is 8. The lowest BCUT2D eigenvalue weighted by atomic mass is 9.96. The molecule has 0 spiro atoms. The summed E-state index contributed by atoms with van der Waals surface area (Å²) in [6, 6.07) is 4.38. The fraction of sp³-hybridized carbons (Fsp3) is 0.667. The van der Waals surface area contributed by atoms with Gasteiger partial charge in [-0.25, -0.2) is 9.97 Å². The second-order valence-electron chi connectivity index (χ2n) is 14.5. The molecule has 0 aromatic carbocycles. The Morgan fingerprint density at radius 3 is 2.48 bits per heavy atom. The summed E-state index contributed by atoms with van der Waals surface area (Å²) in [4.78, 5) is 33.9. The van der Waals surface area contributed by atoms with Gasteiger partial charge in [0.15, 0.2) is 6.73 Å². The van der Waals surface area contributed by atoms with E-state index in [2.05, 4.69) is 47.1 Å². The van der Waals surface area contributed by atoms with Crippen LogP contribution in [0, 0.1) is 17.2 Å². The second-order valence-corrected chi connectivity index (χ2v) is 14.5. The number of rotatable bonds is 26. The average Bonchev–Trinajstić information content (AvgIpc) is 3.94. The Hall–Kier alpha value is -4.00. The molecule has 1 saturated carbocycles. The van der Waals surface area contributed by atoms with E-state index in [0.717, 1.165) is 107 Å². The molecule has 52 heavy (non-hydrogen) atoms. The van der Waals surface area contributed by atoms with Crippen molar-refractivity contribution in [3.63, 3.8) is 0 Å². The maximum atomic E-state index is 12.5. The minimum Gasteiger partial charge on any atom is -0.462 e. The molecule has 1 aliphatic rings. The topological polar surface area (TPSA) is 125 Å². The van der Waals surface area contributed by atoms with Crippen LogP contribution in [0.2, 0.25) is 0 Å². The third kappa shape index (κ3) is 13.5. The van der Waals surface area contributed by atoms with Crippen LogP contribution in [0.3, 0.4) is 0 Å². The summed E-state index contributed by atoms with van der Waals surface area (Å²) in [5.74, 6) is 0.233. The first-order valence-corrected chi connectivity index (χ1v) is 20.2. The maximum Gasteiger partial charge on any atom is 0.307 e. The van der Waals surface area contributed by atoms with Gasteiger partial charge < -0.3 is 9.47 Å². The zero-order valence-corrected chi connectivity index (χ0v) is 31.9. The number of carbonyl (C=O) groups excluding carboxylic acids is 2. The maximum absolute atomic E-state index is 12.5. The summed E-state index contributed by atoms with van der Waals surface area (Å²) in [6.07, 6.45) is 33.5. The fourth-order valence-corrected chi connectivity index (χ4v) is 7.32. The predicted molar refractivity (Wildman–Crippen MR) is 205 cm³/mol. The lowest BCUT2D eigenvalue weighted by Gasteiger charge is -2.21. The van der Waals surface area contributed by atoms with E-state index >= 15 is 0 Å². The van der Waals surface area contributed by atoms with Crippen molar-refractivity contribution in [2.24, 2.45) is 5.92 Å². The third-order valence-electron chi connectivity index (χ3n) is 10.4. The minimum absolute atomic E-state index is 0.00417. The Morgan fingerprint density at radius 2 is 1.67 bits per heavy atom. The van der Waals surface area contributed by atoms with Gasteiger partial charge in [0, 0.05) is 42.6 Å². The Bertz CT molecular complexity index is 1550. The molecule has 4 rings (SSSR count). The molecular weight excluding hydrogens is 653 g/mol. The highest BCUT2D eigenvalue weighted by atomic mass is 16.5. The molecule has 0 amide bonds. The first-order valence-electron chi connectivity index (χ1n) is 20.2. The standard InChI is InChI=1S/C42H62N6O4/c1-3-5-7-15-22-36(52-40(50)25-14-6-4-2)23-16-12-10-8-9-11-13-17-24-39(49)51-33-47-29-27-37-41(44-32-45-42(37)47)35-30-46-48(31-35)38(26-28-43)34-20-18-19-21-34/h12,16,27,29-32,34,36,38H,3-11,13-15,17-26,33H2,1-2H3/b16-12-/t36-,38-/m1/s1. The number of hydrogen-bond donors (Lipinski definition) is 0. The summed E-state index contributed by atoms with van der Waals surface area (Å²) in [6.45, 7) is 4.47. The van der Waals surface area contributed by atoms with Crippen LogP contribution in [-0.2, 0) is 25.8 Å². The van der Waals surface area contributed by atoms with Crippen LogP contribution < -0.4 is 0 Å². The summed E-state index contributed by atoms with van der Waals surface area (Å²) in [7, 11) is 0. The molecule has 0 saturated heterocycles. The molecule has 0 bridgehead atoms. The Kier molecular flexibility index (Phi) is 18.5. The summed E-state index contributed by atoms with van der Waals surface area (Å²) in [5.41, 5.74) is 2.37. The van der Waals surface area contributed by atoms with Crippen molar-refractivity contribution in [3.8, 4) is 17.3 Å². The summed E-state index contributed by atoms with van der Waals surface area (Å²) in [5, 5.41) is 15.0. The molecule has 284 valence electrons. The van der Waals surface area contributed by atoms with E-state index in [4.69, 9.17) is 9.47 Å². The number of fused-ring (bicyclic) bond motifs is 1. The van der Waals surface area contributed by atoms with Crippen LogP contribution in [0.5, 0.6) is 0 Å². The van der Waals surface area contributed by atoms with Gasteiger partial charge in [-0.3, -0.25) is 18.8 Å². The quantitative estimate of drug-likeness (QED) is 0.0457. The SMILES string of the molecule is CCCCCC[C@H](C/C=C\CCCCCCCC(=O)OCn1ccc2c(-c3cnn([C@H](CC#N)C4CCCC4)c3)ncnc21)OC(=O)CCCCC. The van der Waals surface area contributed by atoms with Crippen molar-refractivity contribution in [2.45, 2.75) is 174 Å². The van der Waals surface area contributed by atoms with Crippen LogP contribution in [0.25, 0.3) is 22.3 Å². The molecular formula is C42H62N6O4. The number of ether oxygens (including phenoxy) is 2. The molecule has 0 radical (unpaired) electrons. The number of esters is 2. The molecule has 0 N–H and O–H groups in total. The largest absolute Gasteiger partial charge is 0.462 e. The molecule has 0 aliphatic heterocycles. The predicted octanol–water partition coefficient (Wildman–Crippen LogP) is 10.6. The van der Waals surface area contributed by atoms with Crippen LogP contribution in [0.15, 0.2) is 43.1 Å². The summed E-state index contributed by atoms with van der Waals surface area (Å²) >= 11 is 0.